The van der Waals surface area contributed by atoms with E-state index in [1.807, 2.05) is 176 Å². The van der Waals surface area contributed by atoms with Crippen LogP contribution in [-0.2, 0) is 0 Å². The molecular formula is C49H31N7. The lowest BCUT2D eigenvalue weighted by Gasteiger charge is -2.16. The molecule has 0 bridgehead atoms. The number of rotatable bonds is 8. The number of nitrogens with zero attached hydrogens (tertiary/aromatic N) is 7. The summed E-state index contributed by atoms with van der Waals surface area (Å²) in [6.07, 6.45) is 0. The maximum absolute atomic E-state index is 10.1. The number of benzene rings is 7. The van der Waals surface area contributed by atoms with Gasteiger partial charge in [-0.3, -0.25) is 0 Å². The molecule has 56 heavy (non-hydrogen) atoms. The number of aromatic nitrogens is 6. The highest BCUT2D eigenvalue weighted by atomic mass is 15.0. The first-order valence-corrected chi connectivity index (χ1v) is 18.2. The molecule has 0 atom stereocenters. The topological polar surface area (TPSA) is 101 Å². The van der Waals surface area contributed by atoms with Crippen LogP contribution < -0.4 is 0 Å². The van der Waals surface area contributed by atoms with Crippen molar-refractivity contribution in [2.24, 2.45) is 0 Å². The average Bonchev–Trinajstić information content (AvgIpc) is 3.29. The fourth-order valence-corrected chi connectivity index (χ4v) is 6.69. The minimum atomic E-state index is 0.544. The zero-order valence-electron chi connectivity index (χ0n) is 30.0. The van der Waals surface area contributed by atoms with Gasteiger partial charge in [0.1, 0.15) is 0 Å². The van der Waals surface area contributed by atoms with Crippen molar-refractivity contribution in [3.63, 3.8) is 0 Å². The number of hydrogen-bond acceptors (Lipinski definition) is 7. The molecule has 9 rings (SSSR count). The van der Waals surface area contributed by atoms with E-state index in [1.54, 1.807) is 0 Å². The third kappa shape index (κ3) is 6.94. The second kappa shape index (κ2) is 15.2. The lowest BCUT2D eigenvalue weighted by atomic mass is 9.89. The zero-order chi connectivity index (χ0) is 37.7. The first-order chi connectivity index (χ1) is 27.7. The highest BCUT2D eigenvalue weighted by Crippen LogP contribution is 2.39. The summed E-state index contributed by atoms with van der Waals surface area (Å²) in [7, 11) is 0. The monoisotopic (exact) mass is 717 g/mol. The highest BCUT2D eigenvalue weighted by molar-refractivity contribution is 5.92. The fourth-order valence-electron chi connectivity index (χ4n) is 6.69. The lowest BCUT2D eigenvalue weighted by Crippen LogP contribution is -2.01. The van der Waals surface area contributed by atoms with Crippen molar-refractivity contribution in [3.05, 3.63) is 194 Å². The molecule has 2 heterocycles. The van der Waals surface area contributed by atoms with E-state index in [2.05, 4.69) is 18.2 Å². The quantitative estimate of drug-likeness (QED) is 0.154. The van der Waals surface area contributed by atoms with Gasteiger partial charge in [-0.15, -0.1) is 0 Å². The van der Waals surface area contributed by atoms with Gasteiger partial charge < -0.3 is 0 Å². The second-order valence-corrected chi connectivity index (χ2v) is 13.1. The Morgan fingerprint density at radius 1 is 0.268 bits per heavy atom. The molecule has 0 aliphatic carbocycles. The molecule has 0 amide bonds. The van der Waals surface area contributed by atoms with Crippen molar-refractivity contribution in [1.29, 1.82) is 5.26 Å². The summed E-state index contributed by atoms with van der Waals surface area (Å²) < 4.78 is 0. The molecule has 0 N–H and O–H groups in total. The summed E-state index contributed by atoms with van der Waals surface area (Å²) in [5.41, 5.74) is 9.40. The molecule has 0 fully saturated rings. The summed E-state index contributed by atoms with van der Waals surface area (Å²) in [6, 6.07) is 64.1. The van der Waals surface area contributed by atoms with Crippen LogP contribution in [0, 0.1) is 11.3 Å². The summed E-state index contributed by atoms with van der Waals surface area (Å²) in [4.78, 5) is 29.8. The minimum absolute atomic E-state index is 0.544. The van der Waals surface area contributed by atoms with Gasteiger partial charge in [0.25, 0.3) is 0 Å². The Morgan fingerprint density at radius 3 is 1.09 bits per heavy atom. The number of hydrogen-bond donors (Lipinski definition) is 0. The third-order valence-electron chi connectivity index (χ3n) is 9.44. The van der Waals surface area contributed by atoms with E-state index in [1.165, 1.54) is 0 Å². The van der Waals surface area contributed by atoms with Crippen LogP contribution in [0.15, 0.2) is 188 Å². The Bertz CT molecular complexity index is 2740. The van der Waals surface area contributed by atoms with E-state index >= 15 is 0 Å². The van der Waals surface area contributed by atoms with E-state index in [-0.39, 0.29) is 0 Å². The van der Waals surface area contributed by atoms with Gasteiger partial charge in [-0.1, -0.05) is 170 Å². The Balaban J connectivity index is 1.20. The molecule has 0 aliphatic rings. The maximum atomic E-state index is 10.1. The van der Waals surface area contributed by atoms with Gasteiger partial charge >= 0.3 is 0 Å². The average molecular weight is 718 g/mol. The molecule has 7 heteroatoms. The molecule has 0 aliphatic heterocycles. The van der Waals surface area contributed by atoms with Crippen LogP contribution in [0.1, 0.15) is 5.56 Å². The Labute approximate surface area is 324 Å². The van der Waals surface area contributed by atoms with E-state index in [4.69, 9.17) is 29.9 Å². The minimum Gasteiger partial charge on any atom is -0.208 e. The second-order valence-electron chi connectivity index (χ2n) is 13.1. The van der Waals surface area contributed by atoms with Crippen LogP contribution in [0.5, 0.6) is 0 Å². The van der Waals surface area contributed by atoms with Gasteiger partial charge in [-0.05, 0) is 40.5 Å². The molecule has 9 aromatic rings. The molecule has 0 spiro atoms. The standard InChI is InChI=1S/C49H31N7/c50-32-33-28-29-41(40-26-13-14-27-42(40)49-55-46(36-20-9-3-10-21-36)52-47(56-49)37-22-11-4-12-23-37)43(30-33)38-24-15-25-39(31-38)48-53-44(34-16-5-1-6-17-34)51-45(54-48)35-18-7-2-8-19-35/h1-31H. The van der Waals surface area contributed by atoms with E-state index < -0.39 is 0 Å². The molecule has 0 saturated carbocycles. The van der Waals surface area contributed by atoms with Crippen LogP contribution in [0.25, 0.3) is 90.6 Å². The van der Waals surface area contributed by atoms with Crippen molar-refractivity contribution in [2.45, 2.75) is 0 Å². The normalized spacial score (nSPS) is 10.8. The molecule has 7 aromatic carbocycles. The predicted octanol–water partition coefficient (Wildman–Crippen LogP) is 11.3. The SMILES string of the molecule is N#Cc1ccc(-c2ccccc2-c2nc(-c3ccccc3)nc(-c3ccccc3)n2)c(-c2cccc(-c3nc(-c4ccccc4)nc(-c4ccccc4)n3)c2)c1. The largest absolute Gasteiger partial charge is 0.208 e. The fraction of sp³-hybridized carbons (Fsp3) is 0. The molecule has 0 saturated heterocycles. The summed E-state index contributed by atoms with van der Waals surface area (Å²) in [5, 5.41) is 10.1. The first-order valence-electron chi connectivity index (χ1n) is 18.2. The Hall–Kier alpha value is -7.95. The Kier molecular flexibility index (Phi) is 9.18. The molecule has 0 radical (unpaired) electrons. The highest BCUT2D eigenvalue weighted by Gasteiger charge is 2.19. The van der Waals surface area contributed by atoms with E-state index in [0.29, 0.717) is 40.5 Å². The molecule has 7 nitrogen and oxygen atoms in total. The number of nitriles is 1. The maximum Gasteiger partial charge on any atom is 0.164 e. The first kappa shape index (κ1) is 33.9. The van der Waals surface area contributed by atoms with Gasteiger partial charge in [-0.2, -0.15) is 5.26 Å². The Morgan fingerprint density at radius 2 is 0.625 bits per heavy atom. The van der Waals surface area contributed by atoms with Gasteiger partial charge in [0, 0.05) is 33.4 Å². The van der Waals surface area contributed by atoms with Crippen molar-refractivity contribution < 1.29 is 0 Å². The molecule has 262 valence electrons. The zero-order valence-corrected chi connectivity index (χ0v) is 30.0. The van der Waals surface area contributed by atoms with Crippen LogP contribution in [0.4, 0.5) is 0 Å². The van der Waals surface area contributed by atoms with Gasteiger partial charge in [0.15, 0.2) is 34.9 Å². The smallest absolute Gasteiger partial charge is 0.164 e. The van der Waals surface area contributed by atoms with Crippen LogP contribution in [-0.4, -0.2) is 29.9 Å². The molecule has 2 aromatic heterocycles. The van der Waals surface area contributed by atoms with Gasteiger partial charge in [0.2, 0.25) is 0 Å². The van der Waals surface area contributed by atoms with Crippen LogP contribution in [0.3, 0.4) is 0 Å². The van der Waals surface area contributed by atoms with Gasteiger partial charge in [0.05, 0.1) is 11.6 Å². The van der Waals surface area contributed by atoms with Crippen molar-refractivity contribution in [1.82, 2.24) is 29.9 Å². The molecular weight excluding hydrogens is 687 g/mol. The molecule has 0 unspecified atom stereocenters. The van der Waals surface area contributed by atoms with Crippen LogP contribution >= 0.6 is 0 Å². The van der Waals surface area contributed by atoms with Crippen molar-refractivity contribution in [3.8, 4) is 96.7 Å². The lowest BCUT2D eigenvalue weighted by molar-refractivity contribution is 1.07. The van der Waals surface area contributed by atoms with Gasteiger partial charge in [-0.25, -0.2) is 29.9 Å². The summed E-state index contributed by atoms with van der Waals surface area (Å²) in [6.45, 7) is 0. The van der Waals surface area contributed by atoms with E-state index in [9.17, 15) is 5.26 Å². The summed E-state index contributed by atoms with van der Waals surface area (Å²) in [5.74, 6) is 3.43. The third-order valence-corrected chi connectivity index (χ3v) is 9.44. The van der Waals surface area contributed by atoms with Crippen LogP contribution in [0.2, 0.25) is 0 Å². The predicted molar refractivity (Wildman–Crippen MR) is 221 cm³/mol. The van der Waals surface area contributed by atoms with E-state index in [0.717, 1.165) is 55.6 Å². The summed E-state index contributed by atoms with van der Waals surface area (Å²) >= 11 is 0. The van der Waals surface area contributed by atoms with Crippen molar-refractivity contribution in [2.75, 3.05) is 0 Å². The van der Waals surface area contributed by atoms with Crippen molar-refractivity contribution >= 4 is 0 Å².